The quantitative estimate of drug-likeness (QED) is 0.731. The van der Waals surface area contributed by atoms with E-state index in [0.717, 1.165) is 27.8 Å². The minimum atomic E-state index is -0.215. The lowest BCUT2D eigenvalue weighted by atomic mass is 9.93. The Kier molecular flexibility index (Phi) is 6.07. The minimum absolute atomic E-state index is 0.215. The Morgan fingerprint density at radius 1 is 1.00 bits per heavy atom. The number of hydrogen-bond acceptors (Lipinski definition) is 2. The van der Waals surface area contributed by atoms with E-state index in [1.165, 1.54) is 0 Å². The predicted octanol–water partition coefficient (Wildman–Crippen LogP) is 4.47. The van der Waals surface area contributed by atoms with Crippen molar-refractivity contribution >= 4 is 9.24 Å². The highest BCUT2D eigenvalue weighted by atomic mass is 31.0. The maximum atomic E-state index is 14.7. The molecule has 0 amide bonds. The summed E-state index contributed by atoms with van der Waals surface area (Å²) in [6.45, 7) is 2.85. The molecule has 0 aromatic heterocycles. The molecule has 0 bridgehead atoms. The highest BCUT2D eigenvalue weighted by molar-refractivity contribution is 7.15. The van der Waals surface area contributed by atoms with Gasteiger partial charge in [-0.1, -0.05) is 29.8 Å². The molecule has 0 aliphatic carbocycles. The van der Waals surface area contributed by atoms with Crippen LogP contribution in [0.5, 0.6) is 0 Å². The molecule has 2 aromatic rings. The van der Waals surface area contributed by atoms with Gasteiger partial charge in [-0.25, -0.2) is 4.39 Å². The summed E-state index contributed by atoms with van der Waals surface area (Å²) in [5, 5.41) is 0. The smallest absolute Gasteiger partial charge is 0.131 e. The molecule has 22 heavy (non-hydrogen) atoms. The summed E-state index contributed by atoms with van der Waals surface area (Å²) in [6.07, 6.45) is 0.715. The summed E-state index contributed by atoms with van der Waals surface area (Å²) < 4.78 is 25.3. The van der Waals surface area contributed by atoms with Gasteiger partial charge in [-0.2, -0.15) is 0 Å². The monoisotopic (exact) mass is 320 g/mol. The average molecular weight is 320 g/mol. The first-order valence-corrected chi connectivity index (χ1v) is 8.01. The second-order valence-corrected chi connectivity index (χ2v) is 5.75. The van der Waals surface area contributed by atoms with Crippen molar-refractivity contribution in [2.45, 2.75) is 26.3 Å². The number of benzene rings is 2. The van der Waals surface area contributed by atoms with Crippen LogP contribution in [-0.4, -0.2) is 14.2 Å². The first-order chi connectivity index (χ1) is 10.6. The SMILES string of the molecule is COCc1cc(C)ccc1-c1c(F)cc(CP)cc1COC. The topological polar surface area (TPSA) is 18.5 Å². The molecule has 4 heteroatoms. The van der Waals surface area contributed by atoms with Gasteiger partial charge in [0.2, 0.25) is 0 Å². The number of ether oxygens (including phenoxy) is 2. The molecule has 0 heterocycles. The van der Waals surface area contributed by atoms with Crippen LogP contribution in [0.3, 0.4) is 0 Å². The summed E-state index contributed by atoms with van der Waals surface area (Å²) in [5.74, 6) is -0.215. The van der Waals surface area contributed by atoms with Gasteiger partial charge in [-0.05, 0) is 41.4 Å². The fourth-order valence-electron chi connectivity index (χ4n) is 2.66. The Balaban J connectivity index is 2.65. The highest BCUT2D eigenvalue weighted by Crippen LogP contribution is 2.33. The predicted molar refractivity (Wildman–Crippen MR) is 91.4 cm³/mol. The second kappa shape index (κ2) is 7.82. The molecule has 0 aliphatic rings. The number of methoxy groups -OCH3 is 2. The number of hydrogen-bond donors (Lipinski definition) is 0. The van der Waals surface area contributed by atoms with Crippen LogP contribution in [0.2, 0.25) is 0 Å². The highest BCUT2D eigenvalue weighted by Gasteiger charge is 2.16. The maximum Gasteiger partial charge on any atom is 0.131 e. The second-order valence-electron chi connectivity index (χ2n) is 5.34. The molecular formula is C18H22FO2P. The molecule has 0 saturated carbocycles. The zero-order chi connectivity index (χ0) is 16.1. The average Bonchev–Trinajstić information content (AvgIpc) is 2.49. The Morgan fingerprint density at radius 2 is 1.68 bits per heavy atom. The van der Waals surface area contributed by atoms with Crippen LogP contribution in [0.25, 0.3) is 11.1 Å². The molecule has 0 saturated heterocycles. The third kappa shape index (κ3) is 3.73. The summed E-state index contributed by atoms with van der Waals surface area (Å²) in [7, 11) is 5.90. The van der Waals surface area contributed by atoms with Crippen molar-refractivity contribution in [2.24, 2.45) is 0 Å². The summed E-state index contributed by atoms with van der Waals surface area (Å²) >= 11 is 0. The van der Waals surface area contributed by atoms with Gasteiger partial charge >= 0.3 is 0 Å². The van der Waals surface area contributed by atoms with Crippen LogP contribution in [-0.2, 0) is 28.8 Å². The van der Waals surface area contributed by atoms with Crippen molar-refractivity contribution < 1.29 is 13.9 Å². The number of aryl methyl sites for hydroxylation is 1. The largest absolute Gasteiger partial charge is 0.380 e. The van der Waals surface area contributed by atoms with E-state index in [1.807, 2.05) is 31.2 Å². The van der Waals surface area contributed by atoms with Crippen molar-refractivity contribution in [1.82, 2.24) is 0 Å². The molecule has 1 atom stereocenters. The molecule has 2 nitrogen and oxygen atoms in total. The van der Waals surface area contributed by atoms with E-state index in [1.54, 1.807) is 20.3 Å². The summed E-state index contributed by atoms with van der Waals surface area (Å²) in [5.41, 5.74) is 5.40. The normalized spacial score (nSPS) is 11.0. The molecule has 2 aromatic carbocycles. The van der Waals surface area contributed by atoms with E-state index >= 15 is 0 Å². The van der Waals surface area contributed by atoms with Gasteiger partial charge < -0.3 is 9.47 Å². The number of rotatable bonds is 6. The van der Waals surface area contributed by atoms with E-state index in [2.05, 4.69) is 9.24 Å². The van der Waals surface area contributed by atoms with E-state index in [4.69, 9.17) is 9.47 Å². The van der Waals surface area contributed by atoms with Crippen molar-refractivity contribution in [3.05, 3.63) is 58.4 Å². The molecule has 0 spiro atoms. The van der Waals surface area contributed by atoms with Crippen molar-refractivity contribution in [3.8, 4) is 11.1 Å². The molecule has 0 fully saturated rings. The maximum absolute atomic E-state index is 14.7. The van der Waals surface area contributed by atoms with Gasteiger partial charge in [-0.15, -0.1) is 9.24 Å². The molecule has 0 aliphatic heterocycles. The van der Waals surface area contributed by atoms with E-state index in [9.17, 15) is 4.39 Å². The van der Waals surface area contributed by atoms with Gasteiger partial charge in [-0.3, -0.25) is 0 Å². The van der Waals surface area contributed by atoms with Crippen LogP contribution < -0.4 is 0 Å². The Morgan fingerprint density at radius 3 is 2.32 bits per heavy atom. The third-order valence-electron chi connectivity index (χ3n) is 3.60. The van der Waals surface area contributed by atoms with Gasteiger partial charge in [0, 0.05) is 19.8 Å². The lowest BCUT2D eigenvalue weighted by molar-refractivity contribution is 0.183. The van der Waals surface area contributed by atoms with Crippen LogP contribution in [0.4, 0.5) is 4.39 Å². The molecular weight excluding hydrogens is 298 g/mol. The minimum Gasteiger partial charge on any atom is -0.380 e. The van der Waals surface area contributed by atoms with Gasteiger partial charge in [0.15, 0.2) is 0 Å². The van der Waals surface area contributed by atoms with Crippen LogP contribution in [0.15, 0.2) is 30.3 Å². The van der Waals surface area contributed by atoms with Crippen molar-refractivity contribution in [2.75, 3.05) is 14.2 Å². The van der Waals surface area contributed by atoms with E-state index in [0.29, 0.717) is 24.9 Å². The third-order valence-corrected chi connectivity index (χ3v) is 4.07. The van der Waals surface area contributed by atoms with E-state index in [-0.39, 0.29) is 5.82 Å². The molecule has 0 radical (unpaired) electrons. The Hall–Kier alpha value is -1.28. The molecule has 0 N–H and O–H groups in total. The van der Waals surface area contributed by atoms with Crippen LogP contribution >= 0.6 is 9.24 Å². The molecule has 2 rings (SSSR count). The summed E-state index contributed by atoms with van der Waals surface area (Å²) in [4.78, 5) is 0. The summed E-state index contributed by atoms with van der Waals surface area (Å²) in [6, 6.07) is 9.59. The standard InChI is InChI=1S/C18H22FO2P/c1-12-4-5-16(14(6-12)9-20-2)18-15(10-21-3)7-13(11-22)8-17(18)19/h4-8H,9-11,22H2,1-3H3. The van der Waals surface area contributed by atoms with Gasteiger partial charge in [0.1, 0.15) is 5.82 Å². The van der Waals surface area contributed by atoms with E-state index < -0.39 is 0 Å². The van der Waals surface area contributed by atoms with Crippen molar-refractivity contribution in [1.29, 1.82) is 0 Å². The first-order valence-electron chi connectivity index (χ1n) is 7.19. The molecule has 1 unspecified atom stereocenters. The molecule has 118 valence electrons. The Bertz CT molecular complexity index is 656. The lowest BCUT2D eigenvalue weighted by Gasteiger charge is -2.16. The Labute approximate surface area is 133 Å². The zero-order valence-corrected chi connectivity index (χ0v) is 14.4. The van der Waals surface area contributed by atoms with Gasteiger partial charge in [0.25, 0.3) is 0 Å². The van der Waals surface area contributed by atoms with Crippen LogP contribution in [0, 0.1) is 12.7 Å². The number of halogens is 1. The zero-order valence-electron chi connectivity index (χ0n) is 13.3. The van der Waals surface area contributed by atoms with Gasteiger partial charge in [0.05, 0.1) is 13.2 Å². The fourth-order valence-corrected chi connectivity index (χ4v) is 2.89. The fraction of sp³-hybridized carbons (Fsp3) is 0.333. The van der Waals surface area contributed by atoms with Crippen molar-refractivity contribution in [3.63, 3.8) is 0 Å². The first kappa shape index (κ1) is 17.1. The lowest BCUT2D eigenvalue weighted by Crippen LogP contribution is -2.01. The van der Waals surface area contributed by atoms with Crippen LogP contribution in [0.1, 0.15) is 22.3 Å².